The Bertz CT molecular complexity index is 1240. The Morgan fingerprint density at radius 3 is 1.52 bits per heavy atom. The lowest BCUT2D eigenvalue weighted by molar-refractivity contribution is -0.220. The molecule has 8 N–H and O–H groups in total. The smallest absolute Gasteiger partial charge is 0.462 e. The molecule has 1 rings (SSSR count). The average Bonchev–Trinajstić information content (AvgIpc) is 3.26. The van der Waals surface area contributed by atoms with E-state index in [0.29, 0.717) is 38.5 Å². The van der Waals surface area contributed by atoms with Gasteiger partial charge in [-0.15, -0.1) is 0 Å². The SMILES string of the molecule is CCCCC/C=C\C[C@H](O)[C@@H](O)CCCCCCCC(=O)O[C@H](COC(=O)CCCCCCCCC/C=C\CCCCCCCC)COP(=O)(O)OC1[C@H](O)[C@H](O)C(O)[C@H](O)[C@H]1O. The van der Waals surface area contributed by atoms with Crippen LogP contribution in [0.15, 0.2) is 24.3 Å². The van der Waals surface area contributed by atoms with E-state index in [4.69, 9.17) is 18.5 Å². The third kappa shape index (κ3) is 29.5. The van der Waals surface area contributed by atoms with Crippen LogP contribution in [0.3, 0.4) is 0 Å². The number of phosphoric acid groups is 1. The Hall–Kier alpha value is -1.75. The van der Waals surface area contributed by atoms with Gasteiger partial charge in [-0.25, -0.2) is 4.57 Å². The van der Waals surface area contributed by atoms with E-state index in [-0.39, 0.29) is 12.8 Å². The van der Waals surface area contributed by atoms with Gasteiger partial charge in [0.1, 0.15) is 43.2 Å². The van der Waals surface area contributed by atoms with Crippen LogP contribution in [-0.4, -0.2) is 121 Å². The molecule has 15 nitrogen and oxygen atoms in total. The second-order valence-corrected chi connectivity index (χ2v) is 18.7. The molecule has 0 amide bonds. The highest BCUT2D eigenvalue weighted by Gasteiger charge is 2.51. The summed E-state index contributed by atoms with van der Waals surface area (Å²) in [6, 6.07) is 0. The largest absolute Gasteiger partial charge is 0.472 e. The van der Waals surface area contributed by atoms with Crippen molar-refractivity contribution < 1.29 is 73.3 Å². The van der Waals surface area contributed by atoms with Gasteiger partial charge in [0.05, 0.1) is 18.8 Å². The predicted molar refractivity (Wildman–Crippen MR) is 242 cm³/mol. The zero-order valence-electron chi connectivity index (χ0n) is 38.6. The van der Waals surface area contributed by atoms with Crippen LogP contribution in [0.4, 0.5) is 0 Å². The molecule has 0 aliphatic heterocycles. The quantitative estimate of drug-likeness (QED) is 0.0128. The second-order valence-electron chi connectivity index (χ2n) is 17.3. The van der Waals surface area contributed by atoms with Crippen LogP contribution >= 0.6 is 7.82 Å². The minimum Gasteiger partial charge on any atom is -0.462 e. The lowest BCUT2D eigenvalue weighted by Gasteiger charge is -2.41. The standard InChI is InChI=1S/C47H87O15P/c1-3-5-7-9-11-12-13-14-15-16-17-18-19-20-21-25-29-33-40(50)59-35-37(36-60-63(57,58)62-47-45(55)43(53)42(52)44(54)46(47)56)61-41(51)34-30-26-22-24-28-32-39(49)38(48)31-27-23-10-8-6-4-2/h14-15,23,27,37-39,42-49,52-56H,3-13,16-22,24-26,28-36H2,1-2H3,(H,57,58)/b15-14-,27-23-/t37-,38+,39+,42?,43-,44+,45-,46-,47?/m1/s1. The van der Waals surface area contributed by atoms with Gasteiger partial charge in [-0.3, -0.25) is 18.6 Å². The third-order valence-electron chi connectivity index (χ3n) is 11.5. The third-order valence-corrected chi connectivity index (χ3v) is 12.5. The molecule has 1 fully saturated rings. The molecule has 3 unspecified atom stereocenters. The van der Waals surface area contributed by atoms with Crippen LogP contribution in [0, 0.1) is 0 Å². The Balaban J connectivity index is 2.49. The number of aliphatic hydroxyl groups is 7. The molecule has 0 bridgehead atoms. The molecule has 0 spiro atoms. The van der Waals surface area contributed by atoms with Gasteiger partial charge in [0.2, 0.25) is 0 Å². The van der Waals surface area contributed by atoms with Crippen LogP contribution in [0.25, 0.3) is 0 Å². The molecule has 0 heterocycles. The molecule has 0 radical (unpaired) electrons. The van der Waals surface area contributed by atoms with E-state index in [1.807, 2.05) is 12.2 Å². The summed E-state index contributed by atoms with van der Waals surface area (Å²) in [5, 5.41) is 70.7. The Morgan fingerprint density at radius 1 is 0.540 bits per heavy atom. The van der Waals surface area contributed by atoms with E-state index < -0.39 is 87.9 Å². The zero-order chi connectivity index (χ0) is 46.7. The molecule has 1 saturated carbocycles. The maximum absolute atomic E-state index is 12.8. The number of phosphoric ester groups is 1. The highest BCUT2D eigenvalue weighted by atomic mass is 31.2. The summed E-state index contributed by atoms with van der Waals surface area (Å²) in [5.41, 5.74) is 0. The normalized spacial score (nSPS) is 22.9. The number of carbonyl (C=O) groups excluding carboxylic acids is 2. The van der Waals surface area contributed by atoms with Crippen molar-refractivity contribution in [2.75, 3.05) is 13.2 Å². The highest BCUT2D eigenvalue weighted by Crippen LogP contribution is 2.47. The molecule has 0 saturated heterocycles. The van der Waals surface area contributed by atoms with Crippen LogP contribution in [0.5, 0.6) is 0 Å². The van der Waals surface area contributed by atoms with E-state index >= 15 is 0 Å². The number of hydrogen-bond acceptors (Lipinski definition) is 14. The van der Waals surface area contributed by atoms with Crippen molar-refractivity contribution in [2.45, 2.75) is 249 Å². The topological polar surface area (TPSA) is 250 Å². The molecular formula is C47H87O15P. The van der Waals surface area contributed by atoms with Crippen molar-refractivity contribution in [1.29, 1.82) is 0 Å². The first-order valence-corrected chi connectivity index (χ1v) is 25.8. The summed E-state index contributed by atoms with van der Waals surface area (Å²) in [6.07, 6.45) is 19.5. The van der Waals surface area contributed by atoms with Crippen LogP contribution in [0.1, 0.15) is 194 Å². The number of ether oxygens (including phenoxy) is 2. The van der Waals surface area contributed by atoms with Crippen molar-refractivity contribution in [3.8, 4) is 0 Å². The molecule has 10 atom stereocenters. The summed E-state index contributed by atoms with van der Waals surface area (Å²) >= 11 is 0. The van der Waals surface area contributed by atoms with Crippen molar-refractivity contribution in [3.63, 3.8) is 0 Å². The average molecular weight is 923 g/mol. The fraction of sp³-hybridized carbons (Fsp3) is 0.872. The number of carbonyl (C=O) groups is 2. The van der Waals surface area contributed by atoms with Crippen LogP contribution in [-0.2, 0) is 32.7 Å². The molecule has 0 aromatic heterocycles. The summed E-state index contributed by atoms with van der Waals surface area (Å²) in [5.74, 6) is -1.21. The van der Waals surface area contributed by atoms with Crippen LogP contribution < -0.4 is 0 Å². The summed E-state index contributed by atoms with van der Waals surface area (Å²) in [7, 11) is -5.16. The van der Waals surface area contributed by atoms with E-state index in [1.165, 1.54) is 64.2 Å². The van der Waals surface area contributed by atoms with Crippen molar-refractivity contribution >= 4 is 19.8 Å². The molecule has 1 aliphatic carbocycles. The maximum Gasteiger partial charge on any atom is 0.472 e. The van der Waals surface area contributed by atoms with Gasteiger partial charge in [-0.05, 0) is 64.2 Å². The first-order chi connectivity index (χ1) is 30.2. The summed E-state index contributed by atoms with van der Waals surface area (Å²) in [6.45, 7) is 3.11. The first kappa shape index (κ1) is 59.3. The van der Waals surface area contributed by atoms with Gasteiger partial charge in [0.15, 0.2) is 6.10 Å². The number of hydrogen-bond donors (Lipinski definition) is 8. The number of allylic oxidation sites excluding steroid dienone is 3. The van der Waals surface area contributed by atoms with Crippen LogP contribution in [0.2, 0.25) is 0 Å². The molecule has 16 heteroatoms. The summed E-state index contributed by atoms with van der Waals surface area (Å²) in [4.78, 5) is 35.8. The Kier molecular flexibility index (Phi) is 35.1. The van der Waals surface area contributed by atoms with Gasteiger partial charge in [-0.1, -0.05) is 141 Å². The Morgan fingerprint density at radius 2 is 0.968 bits per heavy atom. The lowest BCUT2D eigenvalue weighted by atomic mass is 9.85. The van der Waals surface area contributed by atoms with Gasteiger partial charge in [-0.2, -0.15) is 0 Å². The number of rotatable bonds is 40. The molecule has 0 aromatic rings. The van der Waals surface area contributed by atoms with Crippen molar-refractivity contribution in [1.82, 2.24) is 0 Å². The second kappa shape index (κ2) is 37.4. The van der Waals surface area contributed by atoms with E-state index in [2.05, 4.69) is 26.0 Å². The minimum absolute atomic E-state index is 0.00181. The van der Waals surface area contributed by atoms with Crippen molar-refractivity contribution in [2.24, 2.45) is 0 Å². The monoisotopic (exact) mass is 923 g/mol. The van der Waals surface area contributed by atoms with Gasteiger partial charge >= 0.3 is 19.8 Å². The number of esters is 2. The highest BCUT2D eigenvalue weighted by molar-refractivity contribution is 7.47. The molecule has 0 aromatic carbocycles. The molecule has 1 aliphatic rings. The number of aliphatic hydroxyl groups excluding tert-OH is 7. The molecule has 63 heavy (non-hydrogen) atoms. The van der Waals surface area contributed by atoms with Gasteiger partial charge in [0.25, 0.3) is 0 Å². The fourth-order valence-corrected chi connectivity index (χ4v) is 8.34. The van der Waals surface area contributed by atoms with Crippen molar-refractivity contribution in [3.05, 3.63) is 24.3 Å². The fourth-order valence-electron chi connectivity index (χ4n) is 7.36. The van der Waals surface area contributed by atoms with E-state index in [9.17, 15) is 54.8 Å². The maximum atomic E-state index is 12.8. The zero-order valence-corrected chi connectivity index (χ0v) is 39.5. The molecular weight excluding hydrogens is 835 g/mol. The minimum atomic E-state index is -5.16. The van der Waals surface area contributed by atoms with E-state index in [0.717, 1.165) is 64.2 Å². The predicted octanol–water partition coefficient (Wildman–Crippen LogP) is 7.56. The first-order valence-electron chi connectivity index (χ1n) is 24.3. The number of unbranched alkanes of at least 4 members (excludes halogenated alkanes) is 20. The van der Waals surface area contributed by atoms with Gasteiger partial charge < -0.3 is 50.1 Å². The van der Waals surface area contributed by atoms with E-state index in [1.54, 1.807) is 0 Å². The summed E-state index contributed by atoms with van der Waals surface area (Å²) < 4.78 is 33.5. The Labute approximate surface area is 378 Å². The molecule has 370 valence electrons. The lowest BCUT2D eigenvalue weighted by Crippen LogP contribution is -2.64. The van der Waals surface area contributed by atoms with Gasteiger partial charge in [0, 0.05) is 12.8 Å².